The smallest absolute Gasteiger partial charge is 0.225 e. The molecule has 2 N–H and O–H groups in total. The van der Waals surface area contributed by atoms with Gasteiger partial charge in [0.25, 0.3) is 0 Å². The molecule has 1 aliphatic rings. The molecule has 0 spiro atoms. The number of rotatable bonds is 6. The Morgan fingerprint density at radius 3 is 2.45 bits per heavy atom. The van der Waals surface area contributed by atoms with Crippen LogP contribution in [0.25, 0.3) is 0 Å². The highest BCUT2D eigenvalue weighted by atomic mass is 127. The summed E-state index contributed by atoms with van der Waals surface area (Å²) in [4.78, 5) is 19.0. The van der Waals surface area contributed by atoms with Gasteiger partial charge in [-0.05, 0) is 25.3 Å². The molecular weight excluding hydrogens is 505 g/mol. The highest BCUT2D eigenvalue weighted by Gasteiger charge is 2.24. The Hall–Kier alpha value is -2.17. The number of aryl methyl sites for hydroxylation is 1. The number of aromatic nitrogens is 3. The molecule has 0 bridgehead atoms. The highest BCUT2D eigenvalue weighted by molar-refractivity contribution is 14.0. The molecule has 1 aliphatic heterocycles. The van der Waals surface area contributed by atoms with Gasteiger partial charge in [0.2, 0.25) is 5.91 Å². The van der Waals surface area contributed by atoms with E-state index in [-0.39, 0.29) is 41.8 Å². The number of aliphatic imine (C=N–C) groups is 1. The average Bonchev–Trinajstić information content (AvgIpc) is 3.08. The molecule has 1 fully saturated rings. The molecule has 0 radical (unpaired) electrons. The molecular formula is C22H34IN7O. The highest BCUT2D eigenvalue weighted by Crippen LogP contribution is 2.13. The Morgan fingerprint density at radius 2 is 1.87 bits per heavy atom. The van der Waals surface area contributed by atoms with E-state index in [4.69, 9.17) is 4.99 Å². The number of halogens is 1. The van der Waals surface area contributed by atoms with E-state index in [1.807, 2.05) is 55.5 Å². The van der Waals surface area contributed by atoms with Gasteiger partial charge in [0.15, 0.2) is 11.8 Å². The van der Waals surface area contributed by atoms with Gasteiger partial charge in [-0.25, -0.2) is 4.99 Å². The molecule has 1 aromatic heterocycles. The van der Waals surface area contributed by atoms with E-state index in [1.54, 1.807) is 0 Å². The van der Waals surface area contributed by atoms with Gasteiger partial charge in [-0.1, -0.05) is 44.2 Å². The minimum Gasteiger partial charge on any atom is -0.354 e. The molecule has 0 atom stereocenters. The fourth-order valence-electron chi connectivity index (χ4n) is 3.48. The molecule has 170 valence electrons. The number of hydrogen-bond donors (Lipinski definition) is 2. The van der Waals surface area contributed by atoms with Crippen molar-refractivity contribution in [2.45, 2.75) is 52.7 Å². The number of piperidine rings is 1. The quantitative estimate of drug-likeness (QED) is 0.335. The zero-order valence-corrected chi connectivity index (χ0v) is 21.2. The molecule has 9 heteroatoms. The molecule has 0 aliphatic carbocycles. The summed E-state index contributed by atoms with van der Waals surface area (Å²) in [7, 11) is 1.96. The minimum atomic E-state index is 0. The van der Waals surface area contributed by atoms with Crippen LogP contribution >= 0.6 is 24.0 Å². The summed E-state index contributed by atoms with van der Waals surface area (Å²) in [5.41, 5.74) is 1.16. The molecule has 3 rings (SSSR count). The summed E-state index contributed by atoms with van der Waals surface area (Å²) in [5, 5.41) is 15.3. The fourth-order valence-corrected chi connectivity index (χ4v) is 3.48. The second-order valence-electron chi connectivity index (χ2n) is 8.13. The normalized spacial score (nSPS) is 15.0. The lowest BCUT2D eigenvalue weighted by Crippen LogP contribution is -2.50. The molecule has 2 aromatic rings. The predicted molar refractivity (Wildman–Crippen MR) is 133 cm³/mol. The van der Waals surface area contributed by atoms with Crippen molar-refractivity contribution in [3.63, 3.8) is 0 Å². The van der Waals surface area contributed by atoms with E-state index in [0.717, 1.165) is 49.1 Å². The van der Waals surface area contributed by atoms with Crippen LogP contribution in [0.3, 0.4) is 0 Å². The van der Waals surface area contributed by atoms with Crippen LogP contribution in [0.4, 0.5) is 0 Å². The van der Waals surface area contributed by atoms with Crippen LogP contribution in [-0.4, -0.2) is 50.7 Å². The summed E-state index contributed by atoms with van der Waals surface area (Å²) >= 11 is 0. The van der Waals surface area contributed by atoms with Gasteiger partial charge in [0.1, 0.15) is 5.82 Å². The summed E-state index contributed by atoms with van der Waals surface area (Å²) in [6, 6.07) is 10.5. The zero-order valence-electron chi connectivity index (χ0n) is 18.8. The number of nitrogens with zero attached hydrogens (tertiary/aromatic N) is 5. The Morgan fingerprint density at radius 1 is 1.19 bits per heavy atom. The number of guanidine groups is 1. The number of nitrogens with one attached hydrogen (secondary N) is 2. The van der Waals surface area contributed by atoms with Crippen molar-refractivity contribution in [3.05, 3.63) is 47.5 Å². The molecule has 1 aromatic carbocycles. The molecule has 1 amide bonds. The standard InChI is InChI=1S/C22H33N7O.HI/c1-16(2)21(30)29-12-10-19(11-13-29)25-22(23-14-18-8-6-5-7-9-18)24-15-20-27-26-17(3)28(20)4;/h5-9,16,19H,10-15H2,1-4H3,(H2,23,24,25);1H. The van der Waals surface area contributed by atoms with Gasteiger partial charge in [0.05, 0.1) is 13.1 Å². The minimum absolute atomic E-state index is 0. The Bertz CT molecular complexity index is 858. The molecule has 2 heterocycles. The van der Waals surface area contributed by atoms with E-state index in [0.29, 0.717) is 13.1 Å². The van der Waals surface area contributed by atoms with Gasteiger partial charge in [-0.2, -0.15) is 0 Å². The van der Waals surface area contributed by atoms with E-state index in [1.165, 1.54) is 0 Å². The second kappa shape index (κ2) is 12.0. The van der Waals surface area contributed by atoms with Crippen molar-refractivity contribution in [1.29, 1.82) is 0 Å². The van der Waals surface area contributed by atoms with E-state index in [9.17, 15) is 4.79 Å². The number of amides is 1. The van der Waals surface area contributed by atoms with E-state index < -0.39 is 0 Å². The first-order chi connectivity index (χ1) is 14.4. The third-order valence-corrected chi connectivity index (χ3v) is 5.50. The van der Waals surface area contributed by atoms with Gasteiger partial charge >= 0.3 is 0 Å². The van der Waals surface area contributed by atoms with Crippen molar-refractivity contribution < 1.29 is 4.79 Å². The van der Waals surface area contributed by atoms with Crippen LogP contribution in [0.1, 0.15) is 43.9 Å². The van der Waals surface area contributed by atoms with Crippen LogP contribution in [-0.2, 0) is 24.9 Å². The molecule has 8 nitrogen and oxygen atoms in total. The van der Waals surface area contributed by atoms with Crippen LogP contribution < -0.4 is 10.6 Å². The summed E-state index contributed by atoms with van der Waals surface area (Å²) in [5.74, 6) is 2.79. The topological polar surface area (TPSA) is 87.4 Å². The average molecular weight is 539 g/mol. The SMILES string of the molecule is Cc1nnc(CNC(=NCc2ccccc2)NC2CCN(C(=O)C(C)C)CC2)n1C.I. The lowest BCUT2D eigenvalue weighted by Gasteiger charge is -2.34. The number of benzene rings is 1. The number of likely N-dealkylation sites (tertiary alicyclic amines) is 1. The number of carbonyl (C=O) groups is 1. The Labute approximate surface area is 201 Å². The Kier molecular flexibility index (Phi) is 9.73. The van der Waals surface area contributed by atoms with Crippen molar-refractivity contribution in [2.24, 2.45) is 18.0 Å². The van der Waals surface area contributed by atoms with Crippen molar-refractivity contribution in [2.75, 3.05) is 13.1 Å². The van der Waals surface area contributed by atoms with Crippen molar-refractivity contribution >= 4 is 35.8 Å². The summed E-state index contributed by atoms with van der Waals surface area (Å²) in [6.45, 7) is 8.55. The largest absolute Gasteiger partial charge is 0.354 e. The summed E-state index contributed by atoms with van der Waals surface area (Å²) < 4.78 is 1.97. The summed E-state index contributed by atoms with van der Waals surface area (Å²) in [6.07, 6.45) is 1.82. The van der Waals surface area contributed by atoms with Crippen molar-refractivity contribution in [3.8, 4) is 0 Å². The maximum absolute atomic E-state index is 12.2. The first-order valence-electron chi connectivity index (χ1n) is 10.7. The lowest BCUT2D eigenvalue weighted by atomic mass is 10.0. The second-order valence-corrected chi connectivity index (χ2v) is 8.13. The monoisotopic (exact) mass is 539 g/mol. The molecule has 0 unspecified atom stereocenters. The van der Waals surface area contributed by atoms with E-state index >= 15 is 0 Å². The zero-order chi connectivity index (χ0) is 21.5. The van der Waals surface area contributed by atoms with Gasteiger partial charge in [-0.15, -0.1) is 34.2 Å². The number of carbonyl (C=O) groups excluding carboxylic acids is 1. The predicted octanol–water partition coefficient (Wildman–Crippen LogP) is 2.62. The van der Waals surface area contributed by atoms with Crippen LogP contribution in [0.2, 0.25) is 0 Å². The molecule has 0 saturated carbocycles. The fraction of sp³-hybridized carbons (Fsp3) is 0.545. The lowest BCUT2D eigenvalue weighted by molar-refractivity contribution is -0.135. The third kappa shape index (κ3) is 7.19. The number of hydrogen-bond acceptors (Lipinski definition) is 4. The molecule has 31 heavy (non-hydrogen) atoms. The van der Waals surface area contributed by atoms with E-state index in [2.05, 4.69) is 33.0 Å². The maximum Gasteiger partial charge on any atom is 0.225 e. The first-order valence-corrected chi connectivity index (χ1v) is 10.7. The van der Waals surface area contributed by atoms with Crippen molar-refractivity contribution in [1.82, 2.24) is 30.3 Å². The van der Waals surface area contributed by atoms with Gasteiger partial charge < -0.3 is 20.1 Å². The first kappa shape index (κ1) is 25.1. The van der Waals surface area contributed by atoms with Gasteiger partial charge in [0, 0.05) is 32.1 Å². The third-order valence-electron chi connectivity index (χ3n) is 5.50. The van der Waals surface area contributed by atoms with Crippen LogP contribution in [0.15, 0.2) is 35.3 Å². The maximum atomic E-state index is 12.2. The van der Waals surface area contributed by atoms with Crippen LogP contribution in [0.5, 0.6) is 0 Å². The Balaban J connectivity index is 0.00000341. The molecule has 1 saturated heterocycles. The van der Waals surface area contributed by atoms with Crippen LogP contribution in [0, 0.1) is 12.8 Å². The van der Waals surface area contributed by atoms with Gasteiger partial charge in [-0.3, -0.25) is 4.79 Å².